The van der Waals surface area contributed by atoms with Crippen molar-refractivity contribution >= 4 is 35.1 Å². The van der Waals surface area contributed by atoms with Crippen molar-refractivity contribution in [1.29, 1.82) is 0 Å². The number of nitrogen functional groups attached to an aromatic ring is 1. The van der Waals surface area contributed by atoms with Crippen molar-refractivity contribution in [3.63, 3.8) is 0 Å². The monoisotopic (exact) mass is 545 g/mol. The minimum absolute atomic E-state index is 0.103. The lowest BCUT2D eigenvalue weighted by molar-refractivity contribution is -0.205. The van der Waals surface area contributed by atoms with Crippen LogP contribution in [0.3, 0.4) is 0 Å². The average molecular weight is 546 g/mol. The van der Waals surface area contributed by atoms with E-state index >= 15 is 0 Å². The minimum Gasteiger partial charge on any atom is -0.388 e. The zero-order chi connectivity index (χ0) is 26.0. The highest BCUT2D eigenvalue weighted by atomic mass is 35.5. The van der Waals surface area contributed by atoms with Gasteiger partial charge < -0.3 is 41.2 Å². The van der Waals surface area contributed by atoms with Gasteiger partial charge in [0.25, 0.3) is 0 Å². The fourth-order valence-corrected chi connectivity index (χ4v) is 6.06. The van der Waals surface area contributed by atoms with Crippen molar-refractivity contribution in [1.82, 2.24) is 20.5 Å². The van der Waals surface area contributed by atoms with Gasteiger partial charge in [-0.1, -0.05) is 6.07 Å². The van der Waals surface area contributed by atoms with E-state index in [4.69, 9.17) is 26.8 Å². The van der Waals surface area contributed by atoms with E-state index in [-0.39, 0.29) is 17.9 Å². The quantitative estimate of drug-likeness (QED) is 0.227. The summed E-state index contributed by atoms with van der Waals surface area (Å²) < 4.78 is 12.0. The number of ether oxygens (including phenoxy) is 2. The van der Waals surface area contributed by atoms with E-state index < -0.39 is 47.3 Å². The number of nitrogens with two attached hydrogens (primary N) is 1. The summed E-state index contributed by atoms with van der Waals surface area (Å²) in [5.74, 6) is 0.275. The third-order valence-corrected chi connectivity index (χ3v) is 8.26. The highest BCUT2D eigenvalue weighted by Crippen LogP contribution is 2.31. The second kappa shape index (κ2) is 12.1. The minimum atomic E-state index is -1.42. The van der Waals surface area contributed by atoms with E-state index in [9.17, 15) is 20.1 Å². The maximum Gasteiger partial charge on any atom is 0.240 e. The SMILES string of the molecule is CSC1OC(C(NC(=O)C2NCC3CN(Cc4ccc(N)nc4)CCOC32)C(C)Cl)C(O)C(O)C1O. The Labute approximate surface area is 220 Å². The van der Waals surface area contributed by atoms with E-state index in [0.29, 0.717) is 25.5 Å². The number of thioether (sulfide) groups is 1. The molecule has 0 saturated carbocycles. The molecule has 0 spiro atoms. The number of carbonyl (C=O) groups is 1. The maximum atomic E-state index is 13.4. The second-order valence-corrected chi connectivity index (χ2v) is 11.3. The zero-order valence-electron chi connectivity index (χ0n) is 20.4. The van der Waals surface area contributed by atoms with E-state index in [1.165, 1.54) is 11.8 Å². The molecule has 36 heavy (non-hydrogen) atoms. The fourth-order valence-electron chi connectivity index (χ4n) is 5.18. The Morgan fingerprint density at radius 1 is 1.36 bits per heavy atom. The Bertz CT molecular complexity index is 883. The number of rotatable bonds is 7. The summed E-state index contributed by atoms with van der Waals surface area (Å²) in [4.78, 5) is 19.8. The molecule has 202 valence electrons. The van der Waals surface area contributed by atoms with E-state index in [1.807, 2.05) is 6.07 Å². The molecule has 3 aliphatic heterocycles. The molecule has 3 saturated heterocycles. The molecule has 10 atom stereocenters. The van der Waals surface area contributed by atoms with Crippen molar-refractivity contribution < 1.29 is 29.6 Å². The molecule has 0 radical (unpaired) electrons. The predicted octanol–water partition coefficient (Wildman–Crippen LogP) is -1.26. The molecule has 11 nitrogen and oxygen atoms in total. The van der Waals surface area contributed by atoms with Gasteiger partial charge in [-0.05, 0) is 24.8 Å². The average Bonchev–Trinajstić information content (AvgIpc) is 3.14. The van der Waals surface area contributed by atoms with Crippen LogP contribution in [-0.2, 0) is 20.8 Å². The van der Waals surface area contributed by atoms with Crippen LogP contribution < -0.4 is 16.4 Å². The van der Waals surface area contributed by atoms with Gasteiger partial charge in [-0.3, -0.25) is 9.69 Å². The first-order valence-corrected chi connectivity index (χ1v) is 13.9. The number of hydrogen-bond acceptors (Lipinski definition) is 11. The van der Waals surface area contributed by atoms with Crippen LogP contribution in [0.4, 0.5) is 5.82 Å². The van der Waals surface area contributed by atoms with Gasteiger partial charge in [0.05, 0.1) is 24.1 Å². The number of halogens is 1. The summed E-state index contributed by atoms with van der Waals surface area (Å²) in [5, 5.41) is 36.7. The predicted molar refractivity (Wildman–Crippen MR) is 136 cm³/mol. The number of pyridine rings is 1. The van der Waals surface area contributed by atoms with Crippen molar-refractivity contribution in [2.45, 2.75) is 66.9 Å². The van der Waals surface area contributed by atoms with Crippen LogP contribution in [0.25, 0.3) is 0 Å². The number of carbonyl (C=O) groups excluding carboxylic acids is 1. The van der Waals surface area contributed by atoms with Crippen LogP contribution in [0, 0.1) is 5.92 Å². The Morgan fingerprint density at radius 2 is 2.14 bits per heavy atom. The molecule has 4 heterocycles. The first-order chi connectivity index (χ1) is 17.2. The first-order valence-electron chi connectivity index (χ1n) is 12.1. The van der Waals surface area contributed by atoms with Gasteiger partial charge in [0.1, 0.15) is 41.7 Å². The van der Waals surface area contributed by atoms with Crippen LogP contribution in [0.15, 0.2) is 18.3 Å². The van der Waals surface area contributed by atoms with Crippen molar-refractivity contribution in [3.8, 4) is 0 Å². The summed E-state index contributed by atoms with van der Waals surface area (Å²) >= 11 is 7.62. The summed E-state index contributed by atoms with van der Waals surface area (Å²) in [6.45, 7) is 4.97. The number of aromatic nitrogens is 1. The van der Waals surface area contributed by atoms with Crippen molar-refractivity contribution in [2.24, 2.45) is 5.92 Å². The normalized spacial score (nSPS) is 37.1. The third kappa shape index (κ3) is 6.08. The molecule has 3 aliphatic rings. The number of aliphatic hydroxyl groups is 3. The second-order valence-electron chi connectivity index (χ2n) is 9.70. The molecule has 10 unspecified atom stereocenters. The van der Waals surface area contributed by atoms with Gasteiger partial charge in [-0.2, -0.15) is 0 Å². The van der Waals surface area contributed by atoms with Gasteiger partial charge in [0, 0.05) is 38.3 Å². The van der Waals surface area contributed by atoms with E-state index in [2.05, 4.69) is 20.5 Å². The summed E-state index contributed by atoms with van der Waals surface area (Å²) in [5.41, 5.74) is 5.99. The molecular formula is C23H36ClN5O6S. The summed E-state index contributed by atoms with van der Waals surface area (Å²) in [6, 6.07) is 2.35. The van der Waals surface area contributed by atoms with Gasteiger partial charge in [0.15, 0.2) is 0 Å². The van der Waals surface area contributed by atoms with Crippen molar-refractivity contribution in [3.05, 3.63) is 23.9 Å². The van der Waals surface area contributed by atoms with Gasteiger partial charge in [0.2, 0.25) is 5.91 Å². The number of amides is 1. The molecule has 4 rings (SSSR count). The third-order valence-electron chi connectivity index (χ3n) is 7.14. The Balaban J connectivity index is 1.40. The molecule has 1 aromatic rings. The Hall–Kier alpha value is -1.22. The first kappa shape index (κ1) is 27.8. The molecule has 7 N–H and O–H groups in total. The van der Waals surface area contributed by atoms with Crippen LogP contribution in [0.2, 0.25) is 0 Å². The summed E-state index contributed by atoms with van der Waals surface area (Å²) in [7, 11) is 0. The van der Waals surface area contributed by atoms with Gasteiger partial charge >= 0.3 is 0 Å². The smallest absolute Gasteiger partial charge is 0.240 e. The van der Waals surface area contributed by atoms with E-state index in [0.717, 1.165) is 18.7 Å². The summed E-state index contributed by atoms with van der Waals surface area (Å²) in [6.07, 6.45) is -1.90. The maximum absolute atomic E-state index is 13.4. The topological polar surface area (TPSA) is 162 Å². The highest BCUT2D eigenvalue weighted by molar-refractivity contribution is 7.99. The van der Waals surface area contributed by atoms with Crippen LogP contribution in [0.1, 0.15) is 12.5 Å². The molecular weight excluding hydrogens is 510 g/mol. The number of fused-ring (bicyclic) bond motifs is 1. The Morgan fingerprint density at radius 3 is 2.81 bits per heavy atom. The van der Waals surface area contributed by atoms with Gasteiger partial charge in [-0.15, -0.1) is 23.4 Å². The number of alkyl halides is 1. The fraction of sp³-hybridized carbons (Fsp3) is 0.739. The lowest BCUT2D eigenvalue weighted by Gasteiger charge is -2.44. The van der Waals surface area contributed by atoms with Crippen LogP contribution >= 0.6 is 23.4 Å². The molecule has 0 aliphatic carbocycles. The number of nitrogens with one attached hydrogen (secondary N) is 2. The number of aliphatic hydroxyl groups excluding tert-OH is 3. The molecule has 13 heteroatoms. The molecule has 0 aromatic carbocycles. The molecule has 0 bridgehead atoms. The van der Waals surface area contributed by atoms with Crippen LogP contribution in [-0.4, -0.2) is 117 Å². The Kier molecular flexibility index (Phi) is 9.34. The lowest BCUT2D eigenvalue weighted by atomic mass is 9.92. The van der Waals surface area contributed by atoms with Crippen molar-refractivity contribution in [2.75, 3.05) is 38.2 Å². The molecule has 1 aromatic heterocycles. The largest absolute Gasteiger partial charge is 0.388 e. The number of hydrogen-bond donors (Lipinski definition) is 6. The standard InChI is InChI=1S/C23H36ClN5O6S/c1-11(24)15(21-18(31)17(30)19(32)23(35-21)36-2)28-22(33)16-20-13(8-27-16)10-29(5-6-34-20)9-12-3-4-14(25)26-7-12/h3-4,7,11,13,15-21,23,27,30-32H,5-6,8-10H2,1-2H3,(H2,25,26)(H,28,33). The highest BCUT2D eigenvalue weighted by Gasteiger charge is 2.49. The lowest BCUT2D eigenvalue weighted by Crippen LogP contribution is -2.65. The molecule has 1 amide bonds. The number of anilines is 1. The molecule has 3 fully saturated rings. The zero-order valence-corrected chi connectivity index (χ0v) is 21.9. The van der Waals surface area contributed by atoms with E-state index in [1.54, 1.807) is 25.4 Å². The van der Waals surface area contributed by atoms with Gasteiger partial charge in [-0.25, -0.2) is 4.98 Å². The number of nitrogens with zero attached hydrogens (tertiary/aromatic N) is 2. The van der Waals surface area contributed by atoms with Crippen LogP contribution in [0.5, 0.6) is 0 Å².